The zero-order valence-corrected chi connectivity index (χ0v) is 13.6. The molecule has 1 atom stereocenters. The molecule has 0 radical (unpaired) electrons. The van der Waals surface area contributed by atoms with Gasteiger partial charge in [-0.1, -0.05) is 6.07 Å². The second-order valence-electron chi connectivity index (χ2n) is 7.03. The molecule has 5 nitrogen and oxygen atoms in total. The van der Waals surface area contributed by atoms with Gasteiger partial charge in [0.15, 0.2) is 0 Å². The van der Waals surface area contributed by atoms with E-state index in [-0.39, 0.29) is 11.3 Å². The highest BCUT2D eigenvalue weighted by molar-refractivity contribution is 5.79. The molecule has 4 heterocycles. The summed E-state index contributed by atoms with van der Waals surface area (Å²) in [7, 11) is 0. The van der Waals surface area contributed by atoms with E-state index in [1.54, 1.807) is 0 Å². The number of amides is 1. The van der Waals surface area contributed by atoms with Crippen molar-refractivity contribution in [3.8, 4) is 0 Å². The average molecular weight is 313 g/mol. The van der Waals surface area contributed by atoms with Gasteiger partial charge in [0.05, 0.1) is 18.7 Å². The molecule has 122 valence electrons. The Morgan fingerprint density at radius 2 is 2.35 bits per heavy atom. The predicted molar refractivity (Wildman–Crippen MR) is 87.3 cm³/mol. The second kappa shape index (κ2) is 5.64. The predicted octanol–water partition coefficient (Wildman–Crippen LogP) is 2.21. The Morgan fingerprint density at radius 3 is 3.17 bits per heavy atom. The maximum atomic E-state index is 12.8. The highest BCUT2D eigenvalue weighted by Crippen LogP contribution is 2.37. The lowest BCUT2D eigenvalue weighted by atomic mass is 9.79. The molecule has 23 heavy (non-hydrogen) atoms. The fraction of sp³-hybridized carbons (Fsp3) is 0.556. The van der Waals surface area contributed by atoms with E-state index in [0.29, 0.717) is 6.42 Å². The highest BCUT2D eigenvalue weighted by Gasteiger charge is 2.40. The number of likely N-dealkylation sites (tertiary alicyclic amines) is 1. The zero-order chi connectivity index (χ0) is 15.9. The fourth-order valence-corrected chi connectivity index (χ4v) is 3.99. The monoisotopic (exact) mass is 313 g/mol. The normalized spacial score (nSPS) is 24.7. The second-order valence-corrected chi connectivity index (χ2v) is 7.03. The van der Waals surface area contributed by atoms with E-state index < -0.39 is 0 Å². The van der Waals surface area contributed by atoms with Crippen LogP contribution in [0.4, 0.5) is 0 Å². The molecule has 2 fully saturated rings. The van der Waals surface area contributed by atoms with Gasteiger partial charge < -0.3 is 14.0 Å². The molecular formula is C18H23N3O2. The minimum Gasteiger partial charge on any atom is -0.381 e. The summed E-state index contributed by atoms with van der Waals surface area (Å²) in [6.45, 7) is 5.42. The van der Waals surface area contributed by atoms with E-state index in [4.69, 9.17) is 4.74 Å². The lowest BCUT2D eigenvalue weighted by molar-refractivity contribution is -0.134. The van der Waals surface area contributed by atoms with Crippen molar-refractivity contribution < 1.29 is 9.53 Å². The van der Waals surface area contributed by atoms with Crippen molar-refractivity contribution in [2.45, 2.75) is 32.6 Å². The number of rotatable bonds is 2. The summed E-state index contributed by atoms with van der Waals surface area (Å²) in [6.07, 6.45) is 7.60. The minimum absolute atomic E-state index is 0.208. The molecule has 1 unspecified atom stereocenters. The van der Waals surface area contributed by atoms with Crippen LogP contribution in [0.15, 0.2) is 24.5 Å². The third kappa shape index (κ3) is 2.63. The van der Waals surface area contributed by atoms with Gasteiger partial charge >= 0.3 is 0 Å². The van der Waals surface area contributed by atoms with Crippen molar-refractivity contribution in [3.05, 3.63) is 35.8 Å². The van der Waals surface area contributed by atoms with Gasteiger partial charge in [0.25, 0.3) is 0 Å². The molecular weight excluding hydrogens is 290 g/mol. The standard InChI is InChI=1S/C18H23N3O2/c1-14-4-2-8-21-15(11-19-17(14)21)10-16(22)20-7-3-5-18(12-20)6-9-23-13-18/h2,4,8,11H,3,5-7,9-10,12-13H2,1H3. The Morgan fingerprint density at radius 1 is 1.43 bits per heavy atom. The van der Waals surface area contributed by atoms with Crippen molar-refractivity contribution in [1.29, 1.82) is 0 Å². The highest BCUT2D eigenvalue weighted by atomic mass is 16.5. The summed E-state index contributed by atoms with van der Waals surface area (Å²) in [5.74, 6) is 0.208. The van der Waals surface area contributed by atoms with Crippen molar-refractivity contribution in [2.75, 3.05) is 26.3 Å². The van der Waals surface area contributed by atoms with Crippen molar-refractivity contribution in [3.63, 3.8) is 0 Å². The number of aromatic nitrogens is 2. The summed E-state index contributed by atoms with van der Waals surface area (Å²) in [6, 6.07) is 4.05. The molecule has 2 aromatic rings. The van der Waals surface area contributed by atoms with Crippen LogP contribution in [0.5, 0.6) is 0 Å². The van der Waals surface area contributed by atoms with Crippen LogP contribution in [0, 0.1) is 12.3 Å². The number of carbonyl (C=O) groups excluding carboxylic acids is 1. The van der Waals surface area contributed by atoms with Crippen molar-refractivity contribution >= 4 is 11.6 Å². The lowest BCUT2D eigenvalue weighted by Gasteiger charge is -2.39. The fourth-order valence-electron chi connectivity index (χ4n) is 3.99. The Balaban J connectivity index is 1.51. The van der Waals surface area contributed by atoms with Crippen LogP contribution in [0.1, 0.15) is 30.5 Å². The first-order chi connectivity index (χ1) is 11.2. The molecule has 2 aromatic heterocycles. The Labute approximate surface area is 136 Å². The number of imidazole rings is 1. The topological polar surface area (TPSA) is 46.8 Å². The maximum absolute atomic E-state index is 12.8. The van der Waals surface area contributed by atoms with Crippen LogP contribution in [-0.4, -0.2) is 46.5 Å². The molecule has 2 saturated heterocycles. The molecule has 0 saturated carbocycles. The van der Waals surface area contributed by atoms with E-state index in [0.717, 1.165) is 56.0 Å². The number of fused-ring (bicyclic) bond motifs is 1. The third-order valence-corrected chi connectivity index (χ3v) is 5.34. The number of piperidine rings is 1. The van der Waals surface area contributed by atoms with E-state index >= 15 is 0 Å². The number of hydrogen-bond acceptors (Lipinski definition) is 3. The van der Waals surface area contributed by atoms with E-state index in [1.165, 1.54) is 6.42 Å². The molecule has 1 spiro atoms. The Hall–Kier alpha value is -1.88. The maximum Gasteiger partial charge on any atom is 0.228 e. The largest absolute Gasteiger partial charge is 0.381 e. The van der Waals surface area contributed by atoms with Gasteiger partial charge in [-0.25, -0.2) is 4.98 Å². The Bertz CT molecular complexity index is 731. The lowest BCUT2D eigenvalue weighted by Crippen LogP contribution is -2.47. The first-order valence-electron chi connectivity index (χ1n) is 8.44. The molecule has 5 heteroatoms. The molecule has 4 rings (SSSR count). The number of ether oxygens (including phenoxy) is 1. The van der Waals surface area contributed by atoms with Crippen LogP contribution in [0.3, 0.4) is 0 Å². The molecule has 0 N–H and O–H groups in total. The number of aryl methyl sites for hydroxylation is 1. The van der Waals surface area contributed by atoms with Gasteiger partial charge in [0.2, 0.25) is 5.91 Å². The third-order valence-electron chi connectivity index (χ3n) is 5.34. The number of hydrogen-bond donors (Lipinski definition) is 0. The van der Waals surface area contributed by atoms with Gasteiger partial charge in [-0.2, -0.15) is 0 Å². The first-order valence-corrected chi connectivity index (χ1v) is 8.44. The van der Waals surface area contributed by atoms with Crippen molar-refractivity contribution in [1.82, 2.24) is 14.3 Å². The minimum atomic E-state index is 0.208. The molecule has 0 aromatic carbocycles. The molecule has 1 amide bonds. The SMILES string of the molecule is Cc1cccn2c(CC(=O)N3CCCC4(CCOC4)C3)cnc12. The number of nitrogens with zero attached hydrogens (tertiary/aromatic N) is 3. The van der Waals surface area contributed by atoms with Gasteiger partial charge in [-0.05, 0) is 37.8 Å². The van der Waals surface area contributed by atoms with E-state index in [9.17, 15) is 4.79 Å². The van der Waals surface area contributed by atoms with Gasteiger partial charge in [-0.3, -0.25) is 4.79 Å². The Kier molecular flexibility index (Phi) is 3.60. The van der Waals surface area contributed by atoms with E-state index in [1.807, 2.05) is 40.8 Å². The summed E-state index contributed by atoms with van der Waals surface area (Å²) < 4.78 is 7.62. The van der Waals surface area contributed by atoms with Crippen LogP contribution in [0.2, 0.25) is 0 Å². The van der Waals surface area contributed by atoms with Crippen molar-refractivity contribution in [2.24, 2.45) is 5.41 Å². The van der Waals surface area contributed by atoms with Gasteiger partial charge in [0, 0.05) is 37.5 Å². The number of pyridine rings is 1. The summed E-state index contributed by atoms with van der Waals surface area (Å²) in [4.78, 5) is 19.3. The summed E-state index contributed by atoms with van der Waals surface area (Å²) in [5, 5.41) is 0. The van der Waals surface area contributed by atoms with Crippen LogP contribution >= 0.6 is 0 Å². The quantitative estimate of drug-likeness (QED) is 0.854. The average Bonchev–Trinajstić information content (AvgIpc) is 3.16. The van der Waals surface area contributed by atoms with E-state index in [2.05, 4.69) is 4.98 Å². The van der Waals surface area contributed by atoms with Crippen LogP contribution in [-0.2, 0) is 16.0 Å². The van der Waals surface area contributed by atoms with Gasteiger partial charge in [0.1, 0.15) is 5.65 Å². The first kappa shape index (κ1) is 14.7. The smallest absolute Gasteiger partial charge is 0.228 e. The van der Waals surface area contributed by atoms with Crippen LogP contribution < -0.4 is 0 Å². The molecule has 0 bridgehead atoms. The number of carbonyl (C=O) groups is 1. The zero-order valence-electron chi connectivity index (χ0n) is 13.6. The molecule has 2 aliphatic rings. The summed E-state index contributed by atoms with van der Waals surface area (Å²) in [5.41, 5.74) is 3.25. The van der Waals surface area contributed by atoms with Crippen LogP contribution in [0.25, 0.3) is 5.65 Å². The summed E-state index contributed by atoms with van der Waals surface area (Å²) >= 11 is 0. The molecule has 0 aliphatic carbocycles. The molecule has 2 aliphatic heterocycles. The van der Waals surface area contributed by atoms with Gasteiger partial charge in [-0.15, -0.1) is 0 Å².